The number of carbonyl (C=O) groups excluding carboxylic acids is 2. The fraction of sp³-hybridized carbons (Fsp3) is 0.818. The van der Waals surface area contributed by atoms with Gasteiger partial charge in [0.05, 0.1) is 5.92 Å². The van der Waals surface area contributed by atoms with Gasteiger partial charge in [-0.05, 0) is 19.3 Å². The third kappa shape index (κ3) is 3.48. The second-order valence-electron chi connectivity index (χ2n) is 4.59. The van der Waals surface area contributed by atoms with Crippen molar-refractivity contribution in [3.63, 3.8) is 0 Å². The molecule has 1 aliphatic heterocycles. The van der Waals surface area contributed by atoms with E-state index in [1.54, 1.807) is 0 Å². The van der Waals surface area contributed by atoms with Crippen molar-refractivity contribution < 1.29 is 9.59 Å². The molecule has 0 radical (unpaired) electrons. The second-order valence-corrected chi connectivity index (χ2v) is 4.59. The molecule has 2 fully saturated rings. The summed E-state index contributed by atoms with van der Waals surface area (Å²) >= 11 is 0. The monoisotopic (exact) mass is 225 g/mol. The Morgan fingerprint density at radius 3 is 2.56 bits per heavy atom. The van der Waals surface area contributed by atoms with Gasteiger partial charge in [0.1, 0.15) is 0 Å². The van der Waals surface area contributed by atoms with E-state index < -0.39 is 0 Å². The van der Waals surface area contributed by atoms with Gasteiger partial charge in [-0.25, -0.2) is 0 Å². The van der Waals surface area contributed by atoms with E-state index in [2.05, 4.69) is 16.0 Å². The number of amides is 2. The van der Waals surface area contributed by atoms with Gasteiger partial charge in [0.2, 0.25) is 11.8 Å². The highest BCUT2D eigenvalue weighted by Gasteiger charge is 2.24. The third-order valence-corrected chi connectivity index (χ3v) is 2.97. The van der Waals surface area contributed by atoms with Gasteiger partial charge in [-0.15, -0.1) is 0 Å². The summed E-state index contributed by atoms with van der Waals surface area (Å²) in [5.74, 6) is 0.365. The van der Waals surface area contributed by atoms with Crippen LogP contribution in [0.15, 0.2) is 0 Å². The average molecular weight is 225 g/mol. The zero-order valence-corrected chi connectivity index (χ0v) is 9.42. The van der Waals surface area contributed by atoms with E-state index in [9.17, 15) is 9.59 Å². The van der Waals surface area contributed by atoms with E-state index in [0.29, 0.717) is 19.0 Å². The second kappa shape index (κ2) is 5.30. The molecule has 0 aromatic carbocycles. The van der Waals surface area contributed by atoms with E-state index in [4.69, 9.17) is 0 Å². The molecule has 0 spiro atoms. The molecule has 0 bridgehead atoms. The molecule has 2 rings (SSSR count). The number of rotatable bonds is 6. The highest BCUT2D eigenvalue weighted by molar-refractivity contribution is 5.80. The van der Waals surface area contributed by atoms with Crippen LogP contribution in [-0.2, 0) is 9.59 Å². The smallest absolute Gasteiger partial charge is 0.225 e. The Hall–Kier alpha value is -1.10. The first-order chi connectivity index (χ1) is 7.75. The molecule has 5 nitrogen and oxygen atoms in total. The van der Waals surface area contributed by atoms with Crippen molar-refractivity contribution in [3.05, 3.63) is 0 Å². The highest BCUT2D eigenvalue weighted by atomic mass is 16.2. The summed E-state index contributed by atoms with van der Waals surface area (Å²) in [6, 6.07) is 0.433. The largest absolute Gasteiger partial charge is 0.356 e. The molecule has 1 heterocycles. The van der Waals surface area contributed by atoms with Crippen LogP contribution < -0.4 is 16.0 Å². The lowest BCUT2D eigenvalue weighted by molar-refractivity contribution is -0.127. The maximum atomic E-state index is 11.4. The van der Waals surface area contributed by atoms with E-state index in [0.717, 1.165) is 32.4 Å². The number of hydrogen-bond acceptors (Lipinski definition) is 3. The van der Waals surface area contributed by atoms with Crippen molar-refractivity contribution in [1.82, 2.24) is 16.0 Å². The van der Waals surface area contributed by atoms with Crippen molar-refractivity contribution in [2.75, 3.05) is 19.6 Å². The Morgan fingerprint density at radius 1 is 1.25 bits per heavy atom. The molecular formula is C11H19N3O2. The van der Waals surface area contributed by atoms with Gasteiger partial charge in [0.15, 0.2) is 0 Å². The predicted octanol–water partition coefficient (Wildman–Crippen LogP) is -0.619. The van der Waals surface area contributed by atoms with Crippen LogP contribution in [0.2, 0.25) is 0 Å². The Bertz CT molecular complexity index is 272. The molecule has 16 heavy (non-hydrogen) atoms. The minimum Gasteiger partial charge on any atom is -0.356 e. The topological polar surface area (TPSA) is 70.2 Å². The van der Waals surface area contributed by atoms with Crippen molar-refractivity contribution in [3.8, 4) is 0 Å². The van der Waals surface area contributed by atoms with E-state index in [-0.39, 0.29) is 17.7 Å². The van der Waals surface area contributed by atoms with Crippen LogP contribution in [-0.4, -0.2) is 37.5 Å². The number of nitrogens with one attached hydrogen (secondary N) is 3. The van der Waals surface area contributed by atoms with Crippen LogP contribution in [0.1, 0.15) is 25.7 Å². The first kappa shape index (κ1) is 11.4. The molecule has 2 amide bonds. The Morgan fingerprint density at radius 2 is 2.00 bits per heavy atom. The van der Waals surface area contributed by atoms with Crippen molar-refractivity contribution in [1.29, 1.82) is 0 Å². The summed E-state index contributed by atoms with van der Waals surface area (Å²) in [4.78, 5) is 22.7. The van der Waals surface area contributed by atoms with Gasteiger partial charge in [0.25, 0.3) is 0 Å². The summed E-state index contributed by atoms with van der Waals surface area (Å²) < 4.78 is 0. The lowest BCUT2D eigenvalue weighted by Gasteiger charge is -2.25. The fourth-order valence-corrected chi connectivity index (χ4v) is 1.61. The first-order valence-electron chi connectivity index (χ1n) is 6.03. The van der Waals surface area contributed by atoms with E-state index >= 15 is 0 Å². The highest BCUT2D eigenvalue weighted by Crippen LogP contribution is 2.18. The van der Waals surface area contributed by atoms with Gasteiger partial charge in [-0.2, -0.15) is 0 Å². The number of hydrogen-bond donors (Lipinski definition) is 3. The van der Waals surface area contributed by atoms with Gasteiger partial charge in [-0.3, -0.25) is 9.59 Å². The normalized spacial score (nSPS) is 20.0. The van der Waals surface area contributed by atoms with Crippen LogP contribution in [0.25, 0.3) is 0 Å². The first-order valence-corrected chi connectivity index (χ1v) is 6.03. The minimum atomic E-state index is 0.112. The third-order valence-electron chi connectivity index (χ3n) is 2.97. The molecule has 0 aromatic heterocycles. The molecule has 1 saturated heterocycles. The molecule has 1 aliphatic carbocycles. The van der Waals surface area contributed by atoms with Crippen molar-refractivity contribution in [2.45, 2.75) is 31.7 Å². The SMILES string of the molecule is O=C(CCCNC(=O)C1CNC1)NC1CC1. The van der Waals surface area contributed by atoms with Crippen LogP contribution in [0.3, 0.4) is 0 Å². The molecule has 90 valence electrons. The maximum absolute atomic E-state index is 11.4. The lowest BCUT2D eigenvalue weighted by atomic mass is 10.0. The fourth-order valence-electron chi connectivity index (χ4n) is 1.61. The van der Waals surface area contributed by atoms with Crippen molar-refractivity contribution in [2.24, 2.45) is 5.92 Å². The van der Waals surface area contributed by atoms with E-state index in [1.807, 2.05) is 0 Å². The van der Waals surface area contributed by atoms with Crippen LogP contribution in [0.5, 0.6) is 0 Å². The molecule has 0 unspecified atom stereocenters. The van der Waals surface area contributed by atoms with E-state index in [1.165, 1.54) is 0 Å². The molecule has 1 saturated carbocycles. The standard InChI is InChI=1S/C11H19N3O2/c15-10(14-9-3-4-9)2-1-5-13-11(16)8-6-12-7-8/h8-9,12H,1-7H2,(H,13,16)(H,14,15). The summed E-state index contributed by atoms with van der Waals surface area (Å²) in [5, 5.41) is 8.83. The van der Waals surface area contributed by atoms with Crippen LogP contribution in [0, 0.1) is 5.92 Å². The zero-order chi connectivity index (χ0) is 11.4. The van der Waals surface area contributed by atoms with Crippen molar-refractivity contribution >= 4 is 11.8 Å². The summed E-state index contributed by atoms with van der Waals surface area (Å²) in [6.07, 6.45) is 3.48. The molecule has 0 aromatic rings. The summed E-state index contributed by atoms with van der Waals surface area (Å²) in [7, 11) is 0. The summed E-state index contributed by atoms with van der Waals surface area (Å²) in [5.41, 5.74) is 0. The maximum Gasteiger partial charge on any atom is 0.225 e. The van der Waals surface area contributed by atoms with Gasteiger partial charge < -0.3 is 16.0 Å². The Kier molecular flexibility index (Phi) is 3.77. The lowest BCUT2D eigenvalue weighted by Crippen LogP contribution is -2.50. The molecule has 3 N–H and O–H groups in total. The predicted molar refractivity (Wildman–Crippen MR) is 59.8 cm³/mol. The van der Waals surface area contributed by atoms with Gasteiger partial charge in [-0.1, -0.05) is 0 Å². The van der Waals surface area contributed by atoms with Gasteiger partial charge >= 0.3 is 0 Å². The zero-order valence-electron chi connectivity index (χ0n) is 9.42. The van der Waals surface area contributed by atoms with Gasteiger partial charge in [0, 0.05) is 32.1 Å². The summed E-state index contributed by atoms with van der Waals surface area (Å²) in [6.45, 7) is 2.18. The Balaban J connectivity index is 1.47. The molecular weight excluding hydrogens is 206 g/mol. The molecule has 0 atom stereocenters. The quantitative estimate of drug-likeness (QED) is 0.528. The van der Waals surface area contributed by atoms with Crippen LogP contribution in [0.4, 0.5) is 0 Å². The number of carbonyl (C=O) groups is 2. The van der Waals surface area contributed by atoms with Crippen LogP contribution >= 0.6 is 0 Å². The molecule has 2 aliphatic rings. The average Bonchev–Trinajstić information content (AvgIpc) is 2.93. The Labute approximate surface area is 95.3 Å². The molecule has 5 heteroatoms. The minimum absolute atomic E-state index is 0.112.